The number of amides is 1. The average molecular weight is 348 g/mol. The molecule has 1 fully saturated rings. The van der Waals surface area contributed by atoms with Gasteiger partial charge in [-0.05, 0) is 29.7 Å². The summed E-state index contributed by atoms with van der Waals surface area (Å²) in [6.45, 7) is 1.23. The molecule has 1 aliphatic heterocycles. The molecular formula is C21H20N2O3. The van der Waals surface area contributed by atoms with E-state index in [4.69, 9.17) is 4.74 Å². The number of rotatable bonds is 3. The van der Waals surface area contributed by atoms with Gasteiger partial charge in [-0.3, -0.25) is 9.59 Å². The quantitative estimate of drug-likeness (QED) is 0.790. The highest BCUT2D eigenvalue weighted by Crippen LogP contribution is 2.20. The van der Waals surface area contributed by atoms with Crippen LogP contribution in [0.3, 0.4) is 0 Å². The zero-order chi connectivity index (χ0) is 17.9. The Morgan fingerprint density at radius 3 is 2.46 bits per heavy atom. The summed E-state index contributed by atoms with van der Waals surface area (Å²) in [6.07, 6.45) is 1.66. The van der Waals surface area contributed by atoms with Crippen molar-refractivity contribution in [1.29, 1.82) is 0 Å². The molecule has 5 nitrogen and oxygen atoms in total. The lowest BCUT2D eigenvalue weighted by atomic mass is 10.1. The lowest BCUT2D eigenvalue weighted by Crippen LogP contribution is -2.42. The van der Waals surface area contributed by atoms with Crippen molar-refractivity contribution in [3.05, 3.63) is 76.7 Å². The number of nitrogens with one attached hydrogen (secondary N) is 1. The Balaban J connectivity index is 1.44. The van der Waals surface area contributed by atoms with E-state index >= 15 is 0 Å². The van der Waals surface area contributed by atoms with Crippen LogP contribution in [0.15, 0.2) is 65.5 Å². The maximum atomic E-state index is 12.8. The van der Waals surface area contributed by atoms with E-state index < -0.39 is 0 Å². The molecule has 0 aliphatic carbocycles. The number of aromatic nitrogens is 1. The normalized spacial score (nSPS) is 15.2. The number of hydrogen-bond donors (Lipinski definition) is 1. The highest BCUT2D eigenvalue weighted by atomic mass is 16.5. The number of likely N-dealkylation sites (tertiary alicyclic amines) is 1. The number of para-hydroxylation sites is 1. The molecule has 1 N–H and O–H groups in total. The Morgan fingerprint density at radius 1 is 1.00 bits per heavy atom. The van der Waals surface area contributed by atoms with Crippen LogP contribution in [0.5, 0.6) is 5.75 Å². The van der Waals surface area contributed by atoms with Gasteiger partial charge in [0.25, 0.3) is 11.5 Å². The van der Waals surface area contributed by atoms with Gasteiger partial charge in [0.1, 0.15) is 17.5 Å². The Hall–Kier alpha value is -3.08. The van der Waals surface area contributed by atoms with Crippen LogP contribution in [0, 0.1) is 0 Å². The number of piperidine rings is 1. The maximum Gasteiger partial charge on any atom is 0.270 e. The van der Waals surface area contributed by atoms with Gasteiger partial charge in [-0.2, -0.15) is 0 Å². The molecule has 0 radical (unpaired) electrons. The zero-order valence-electron chi connectivity index (χ0n) is 14.4. The van der Waals surface area contributed by atoms with Crippen molar-refractivity contribution in [3.8, 4) is 5.75 Å². The number of benzene rings is 2. The minimum Gasteiger partial charge on any atom is -0.490 e. The van der Waals surface area contributed by atoms with E-state index in [1.54, 1.807) is 17.0 Å². The predicted molar refractivity (Wildman–Crippen MR) is 101 cm³/mol. The van der Waals surface area contributed by atoms with Gasteiger partial charge in [0.05, 0.1) is 0 Å². The van der Waals surface area contributed by atoms with Crippen molar-refractivity contribution < 1.29 is 9.53 Å². The molecule has 26 heavy (non-hydrogen) atoms. The molecule has 1 saturated heterocycles. The number of aromatic amines is 1. The van der Waals surface area contributed by atoms with Crippen molar-refractivity contribution >= 4 is 16.7 Å². The predicted octanol–water partition coefficient (Wildman–Crippen LogP) is 3.21. The van der Waals surface area contributed by atoms with E-state index in [2.05, 4.69) is 4.98 Å². The topological polar surface area (TPSA) is 62.4 Å². The van der Waals surface area contributed by atoms with Crippen LogP contribution in [0.2, 0.25) is 0 Å². The van der Waals surface area contributed by atoms with Gasteiger partial charge in [-0.1, -0.05) is 36.4 Å². The number of carbonyl (C=O) groups is 1. The second-order valence-corrected chi connectivity index (χ2v) is 6.52. The summed E-state index contributed by atoms with van der Waals surface area (Å²) in [5, 5.41) is 1.38. The summed E-state index contributed by atoms with van der Waals surface area (Å²) in [5.74, 6) is 0.724. The summed E-state index contributed by atoms with van der Waals surface area (Å²) in [6, 6.07) is 18.8. The smallest absolute Gasteiger partial charge is 0.270 e. The lowest BCUT2D eigenvalue weighted by molar-refractivity contribution is 0.0590. The van der Waals surface area contributed by atoms with Gasteiger partial charge in [-0.25, -0.2) is 0 Å². The summed E-state index contributed by atoms with van der Waals surface area (Å²) in [5.41, 5.74) is 0.116. The molecule has 0 spiro atoms. The highest BCUT2D eigenvalue weighted by Gasteiger charge is 2.25. The van der Waals surface area contributed by atoms with Gasteiger partial charge in [-0.15, -0.1) is 0 Å². The fourth-order valence-electron chi connectivity index (χ4n) is 3.36. The molecule has 2 heterocycles. The lowest BCUT2D eigenvalue weighted by Gasteiger charge is -2.32. The number of ether oxygens (including phenoxy) is 1. The molecule has 5 heteroatoms. The van der Waals surface area contributed by atoms with Crippen LogP contribution >= 0.6 is 0 Å². The number of H-pyrrole nitrogens is 1. The molecule has 1 aliphatic rings. The standard InChI is InChI=1S/C21H20N2O3/c24-20-18-9-5-4-6-15(18)14-19(22-20)21(25)23-12-10-17(11-13-23)26-16-7-2-1-3-8-16/h1-9,14,17H,10-13H2,(H,22,24). The maximum absolute atomic E-state index is 12.8. The summed E-state index contributed by atoms with van der Waals surface area (Å²) < 4.78 is 5.97. The van der Waals surface area contributed by atoms with Crippen LogP contribution in [-0.2, 0) is 0 Å². The van der Waals surface area contributed by atoms with E-state index in [0.717, 1.165) is 24.0 Å². The van der Waals surface area contributed by atoms with Crippen molar-refractivity contribution in [2.45, 2.75) is 18.9 Å². The third-order valence-electron chi connectivity index (χ3n) is 4.76. The fourth-order valence-corrected chi connectivity index (χ4v) is 3.36. The van der Waals surface area contributed by atoms with Crippen LogP contribution < -0.4 is 10.3 Å². The van der Waals surface area contributed by atoms with Gasteiger partial charge < -0.3 is 14.6 Å². The molecular weight excluding hydrogens is 328 g/mol. The molecule has 1 aromatic heterocycles. The summed E-state index contributed by atoms with van der Waals surface area (Å²) in [7, 11) is 0. The first-order valence-electron chi connectivity index (χ1n) is 8.84. The first-order valence-corrected chi connectivity index (χ1v) is 8.84. The zero-order valence-corrected chi connectivity index (χ0v) is 14.4. The third kappa shape index (κ3) is 3.33. The Morgan fingerprint density at radius 2 is 1.69 bits per heavy atom. The fraction of sp³-hybridized carbons (Fsp3) is 0.238. The Bertz CT molecular complexity index is 973. The molecule has 0 unspecified atom stereocenters. The van der Waals surface area contributed by atoms with E-state index in [0.29, 0.717) is 24.2 Å². The molecule has 0 atom stereocenters. The van der Waals surface area contributed by atoms with Gasteiger partial charge in [0.2, 0.25) is 0 Å². The van der Waals surface area contributed by atoms with Crippen molar-refractivity contribution in [2.24, 2.45) is 0 Å². The number of fused-ring (bicyclic) bond motifs is 1. The SMILES string of the molecule is O=C(c1cc2ccccc2c(=O)[nH]1)N1CCC(Oc2ccccc2)CC1. The van der Waals surface area contributed by atoms with Crippen molar-refractivity contribution in [1.82, 2.24) is 9.88 Å². The van der Waals surface area contributed by atoms with Crippen molar-refractivity contribution in [2.75, 3.05) is 13.1 Å². The Labute approximate surface area is 151 Å². The molecule has 132 valence electrons. The van der Waals surface area contributed by atoms with Gasteiger partial charge in [0, 0.05) is 31.3 Å². The van der Waals surface area contributed by atoms with Crippen LogP contribution in [-0.4, -0.2) is 35.0 Å². The number of hydrogen-bond acceptors (Lipinski definition) is 3. The minimum absolute atomic E-state index is 0.108. The number of pyridine rings is 1. The largest absolute Gasteiger partial charge is 0.490 e. The Kier molecular flexibility index (Phi) is 4.44. The summed E-state index contributed by atoms with van der Waals surface area (Å²) >= 11 is 0. The molecule has 1 amide bonds. The monoisotopic (exact) mass is 348 g/mol. The first-order chi connectivity index (χ1) is 12.7. The molecule has 4 rings (SSSR count). The van der Waals surface area contributed by atoms with Crippen LogP contribution in [0.25, 0.3) is 10.8 Å². The first kappa shape index (κ1) is 16.4. The summed E-state index contributed by atoms with van der Waals surface area (Å²) in [4.78, 5) is 29.5. The average Bonchev–Trinajstić information content (AvgIpc) is 2.69. The third-order valence-corrected chi connectivity index (χ3v) is 4.76. The number of nitrogens with zero attached hydrogens (tertiary/aromatic N) is 1. The van der Waals surface area contributed by atoms with Crippen LogP contribution in [0.4, 0.5) is 0 Å². The minimum atomic E-state index is -0.228. The van der Waals surface area contributed by atoms with Crippen LogP contribution in [0.1, 0.15) is 23.3 Å². The van der Waals surface area contributed by atoms with E-state index in [1.807, 2.05) is 48.5 Å². The number of carbonyl (C=O) groups excluding carboxylic acids is 1. The van der Waals surface area contributed by atoms with E-state index in [1.165, 1.54) is 0 Å². The molecule has 0 bridgehead atoms. The second kappa shape index (κ2) is 7.04. The van der Waals surface area contributed by atoms with Gasteiger partial charge in [0.15, 0.2) is 0 Å². The molecule has 2 aromatic carbocycles. The highest BCUT2D eigenvalue weighted by molar-refractivity contribution is 5.96. The van der Waals surface area contributed by atoms with E-state index in [9.17, 15) is 9.59 Å². The molecule has 3 aromatic rings. The van der Waals surface area contributed by atoms with Gasteiger partial charge >= 0.3 is 0 Å². The van der Waals surface area contributed by atoms with E-state index in [-0.39, 0.29) is 17.6 Å². The van der Waals surface area contributed by atoms with Crippen molar-refractivity contribution in [3.63, 3.8) is 0 Å². The second-order valence-electron chi connectivity index (χ2n) is 6.52. The molecule has 0 saturated carbocycles.